The van der Waals surface area contributed by atoms with E-state index < -0.39 is 0 Å². The summed E-state index contributed by atoms with van der Waals surface area (Å²) in [4.78, 5) is 13.9. The molecule has 2 aliphatic heterocycles. The Hall–Kier alpha value is -1.40. The normalized spacial score (nSPS) is 27.8. The molecule has 1 aromatic heterocycles. The fourth-order valence-electron chi connectivity index (χ4n) is 3.01. The van der Waals surface area contributed by atoms with Crippen LogP contribution in [0, 0.1) is 13.8 Å². The lowest BCUT2D eigenvalue weighted by Crippen LogP contribution is -2.50. The first-order chi connectivity index (χ1) is 9.63. The zero-order valence-corrected chi connectivity index (χ0v) is 12.0. The maximum absolute atomic E-state index is 11.7. The van der Waals surface area contributed by atoms with Crippen LogP contribution in [-0.2, 0) is 20.8 Å². The van der Waals surface area contributed by atoms with Gasteiger partial charge in [0.1, 0.15) is 6.04 Å². The lowest BCUT2D eigenvalue weighted by atomic mass is 10.1. The number of morpholine rings is 1. The minimum absolute atomic E-state index is 0.0788. The zero-order valence-electron chi connectivity index (χ0n) is 12.0. The van der Waals surface area contributed by atoms with Crippen molar-refractivity contribution in [2.24, 2.45) is 0 Å². The number of cyclic esters (lactones) is 1. The summed E-state index contributed by atoms with van der Waals surface area (Å²) >= 11 is 0. The zero-order chi connectivity index (χ0) is 14.1. The summed E-state index contributed by atoms with van der Waals surface area (Å²) < 4.78 is 12.9. The minimum Gasteiger partial charge on any atom is -0.464 e. The van der Waals surface area contributed by atoms with E-state index in [0.717, 1.165) is 37.4 Å². The highest BCUT2D eigenvalue weighted by molar-refractivity contribution is 5.77. The highest BCUT2D eigenvalue weighted by atomic mass is 16.5. The van der Waals surface area contributed by atoms with Gasteiger partial charge in [-0.1, -0.05) is 0 Å². The van der Waals surface area contributed by atoms with Gasteiger partial charge in [-0.15, -0.1) is 0 Å². The Morgan fingerprint density at radius 3 is 2.90 bits per heavy atom. The number of aromatic nitrogens is 2. The van der Waals surface area contributed by atoms with Gasteiger partial charge in [0.2, 0.25) is 0 Å². The molecule has 0 spiro atoms. The lowest BCUT2D eigenvalue weighted by Gasteiger charge is -2.35. The van der Waals surface area contributed by atoms with Crippen molar-refractivity contribution in [3.05, 3.63) is 17.5 Å². The average molecular weight is 279 g/mol. The van der Waals surface area contributed by atoms with E-state index in [2.05, 4.69) is 23.0 Å². The molecule has 6 nitrogen and oxygen atoms in total. The molecule has 6 heteroatoms. The van der Waals surface area contributed by atoms with Gasteiger partial charge in [0.25, 0.3) is 0 Å². The van der Waals surface area contributed by atoms with E-state index in [1.807, 2.05) is 11.6 Å². The standard InChI is InChI=1S/C14H21N3O3/c1-10-7-11(2)17(15-10)9-12-8-16(4-6-19-12)13-3-5-20-14(13)18/h7,12-13H,3-6,8-9H2,1-2H3/t12-,13+/m1/s1. The average Bonchev–Trinajstić information content (AvgIpc) is 2.96. The van der Waals surface area contributed by atoms with Gasteiger partial charge in [0.05, 0.1) is 31.6 Å². The molecular formula is C14H21N3O3. The quantitative estimate of drug-likeness (QED) is 0.755. The van der Waals surface area contributed by atoms with E-state index >= 15 is 0 Å². The van der Waals surface area contributed by atoms with Crippen molar-refractivity contribution in [1.82, 2.24) is 14.7 Å². The van der Waals surface area contributed by atoms with Crippen molar-refractivity contribution in [1.29, 1.82) is 0 Å². The van der Waals surface area contributed by atoms with Crippen LogP contribution < -0.4 is 0 Å². The molecule has 0 N–H and O–H groups in total. The summed E-state index contributed by atoms with van der Waals surface area (Å²) in [6.45, 7) is 7.54. The monoisotopic (exact) mass is 279 g/mol. The summed E-state index contributed by atoms with van der Waals surface area (Å²) in [6, 6.07) is 1.98. The highest BCUT2D eigenvalue weighted by Crippen LogP contribution is 2.18. The molecule has 2 fully saturated rings. The predicted molar refractivity (Wildman–Crippen MR) is 72.4 cm³/mol. The fraction of sp³-hybridized carbons (Fsp3) is 0.714. The van der Waals surface area contributed by atoms with Gasteiger partial charge in [-0.25, -0.2) is 0 Å². The van der Waals surface area contributed by atoms with Gasteiger partial charge in [-0.3, -0.25) is 14.4 Å². The molecule has 0 unspecified atom stereocenters. The molecule has 0 amide bonds. The molecule has 0 aliphatic carbocycles. The summed E-state index contributed by atoms with van der Waals surface area (Å²) in [5, 5.41) is 4.47. The van der Waals surface area contributed by atoms with E-state index in [-0.39, 0.29) is 18.1 Å². The van der Waals surface area contributed by atoms with E-state index in [1.165, 1.54) is 0 Å². The third-order valence-corrected chi connectivity index (χ3v) is 4.00. The molecule has 1 aromatic rings. The van der Waals surface area contributed by atoms with Gasteiger partial charge < -0.3 is 9.47 Å². The summed E-state index contributed by atoms with van der Waals surface area (Å²) in [6.07, 6.45) is 0.876. The molecule has 0 bridgehead atoms. The number of carbonyl (C=O) groups is 1. The van der Waals surface area contributed by atoms with Gasteiger partial charge in [-0.05, 0) is 19.9 Å². The van der Waals surface area contributed by atoms with Crippen LogP contribution in [0.3, 0.4) is 0 Å². The number of nitrogens with zero attached hydrogens (tertiary/aromatic N) is 3. The second-order valence-electron chi connectivity index (χ2n) is 5.57. The number of aryl methyl sites for hydroxylation is 2. The van der Waals surface area contributed by atoms with Crippen molar-refractivity contribution in [3.8, 4) is 0 Å². The molecule has 3 heterocycles. The smallest absolute Gasteiger partial charge is 0.323 e. The second kappa shape index (κ2) is 5.54. The fourth-order valence-corrected chi connectivity index (χ4v) is 3.01. The second-order valence-corrected chi connectivity index (χ2v) is 5.57. The van der Waals surface area contributed by atoms with Crippen molar-refractivity contribution < 1.29 is 14.3 Å². The number of hydrogen-bond acceptors (Lipinski definition) is 5. The Bertz CT molecular complexity index is 500. The van der Waals surface area contributed by atoms with Crippen molar-refractivity contribution in [2.45, 2.75) is 39.0 Å². The number of rotatable bonds is 3. The number of carbonyl (C=O) groups excluding carboxylic acids is 1. The van der Waals surface area contributed by atoms with Gasteiger partial charge in [0.15, 0.2) is 0 Å². The number of ether oxygens (including phenoxy) is 2. The highest BCUT2D eigenvalue weighted by Gasteiger charge is 2.35. The third kappa shape index (κ3) is 2.71. The van der Waals surface area contributed by atoms with Crippen LogP contribution in [0.25, 0.3) is 0 Å². The van der Waals surface area contributed by atoms with Crippen LogP contribution in [0.15, 0.2) is 6.07 Å². The molecular weight excluding hydrogens is 258 g/mol. The van der Waals surface area contributed by atoms with E-state index in [1.54, 1.807) is 0 Å². The largest absolute Gasteiger partial charge is 0.464 e. The third-order valence-electron chi connectivity index (χ3n) is 4.00. The predicted octanol–water partition coefficient (Wildman–Crippen LogP) is 0.516. The van der Waals surface area contributed by atoms with Crippen molar-refractivity contribution in [3.63, 3.8) is 0 Å². The van der Waals surface area contributed by atoms with Crippen LogP contribution in [-0.4, -0.2) is 59.1 Å². The van der Waals surface area contributed by atoms with Gasteiger partial charge in [-0.2, -0.15) is 5.10 Å². The van der Waals surface area contributed by atoms with Crippen molar-refractivity contribution in [2.75, 3.05) is 26.3 Å². The van der Waals surface area contributed by atoms with Crippen LogP contribution >= 0.6 is 0 Å². The molecule has 2 atom stereocenters. The first-order valence-corrected chi connectivity index (χ1v) is 7.17. The molecule has 3 rings (SSSR count). The Balaban J connectivity index is 1.63. The van der Waals surface area contributed by atoms with Gasteiger partial charge in [0, 0.05) is 25.2 Å². The van der Waals surface area contributed by atoms with Crippen LogP contribution in [0.5, 0.6) is 0 Å². The van der Waals surface area contributed by atoms with E-state index in [4.69, 9.17) is 9.47 Å². The van der Waals surface area contributed by atoms with Crippen LogP contribution in [0.1, 0.15) is 17.8 Å². The summed E-state index contributed by atoms with van der Waals surface area (Å²) in [5.41, 5.74) is 2.16. The van der Waals surface area contributed by atoms with E-state index in [9.17, 15) is 4.79 Å². The Kier molecular flexibility index (Phi) is 3.76. The maximum Gasteiger partial charge on any atom is 0.323 e. The Labute approximate surface area is 118 Å². The first kappa shape index (κ1) is 13.6. The van der Waals surface area contributed by atoms with E-state index in [0.29, 0.717) is 13.2 Å². The molecule has 20 heavy (non-hydrogen) atoms. The topological polar surface area (TPSA) is 56.6 Å². The van der Waals surface area contributed by atoms with Gasteiger partial charge >= 0.3 is 5.97 Å². The lowest BCUT2D eigenvalue weighted by molar-refractivity contribution is -0.144. The molecule has 2 aliphatic rings. The maximum atomic E-state index is 11.7. The SMILES string of the molecule is Cc1cc(C)n(C[C@H]2CN([C@H]3CCOC3=O)CCO2)n1. The molecule has 2 saturated heterocycles. The molecule has 0 aromatic carbocycles. The van der Waals surface area contributed by atoms with Crippen LogP contribution in [0.2, 0.25) is 0 Å². The molecule has 0 radical (unpaired) electrons. The minimum atomic E-state index is -0.0863. The van der Waals surface area contributed by atoms with Crippen LogP contribution in [0.4, 0.5) is 0 Å². The van der Waals surface area contributed by atoms with Crippen molar-refractivity contribution >= 4 is 5.97 Å². The molecule has 110 valence electrons. The number of hydrogen-bond donors (Lipinski definition) is 0. The Morgan fingerprint density at radius 2 is 2.25 bits per heavy atom. The Morgan fingerprint density at radius 1 is 1.40 bits per heavy atom. The molecule has 0 saturated carbocycles. The first-order valence-electron chi connectivity index (χ1n) is 7.17. The summed E-state index contributed by atoms with van der Waals surface area (Å²) in [5.74, 6) is -0.0863. The summed E-state index contributed by atoms with van der Waals surface area (Å²) in [7, 11) is 0. The number of esters is 1.